The van der Waals surface area contributed by atoms with Gasteiger partial charge in [-0.3, -0.25) is 4.79 Å². The van der Waals surface area contributed by atoms with E-state index in [1.54, 1.807) is 0 Å². The highest BCUT2D eigenvalue weighted by Gasteiger charge is 2.21. The van der Waals surface area contributed by atoms with Gasteiger partial charge in [-0.1, -0.05) is 13.8 Å². The van der Waals surface area contributed by atoms with E-state index in [1.807, 2.05) is 6.92 Å². The quantitative estimate of drug-likeness (QED) is 0.485. The molecule has 1 nitrogen and oxygen atoms in total. The molecule has 0 heterocycles. The van der Waals surface area contributed by atoms with Gasteiger partial charge in [0.05, 0.1) is 0 Å². The first-order valence-corrected chi connectivity index (χ1v) is 3.73. The summed E-state index contributed by atoms with van der Waals surface area (Å²) in [5.74, 6) is 1.58. The van der Waals surface area contributed by atoms with Gasteiger partial charge in [0.25, 0.3) is 0 Å². The molecule has 0 aliphatic heterocycles. The molecule has 1 aliphatic rings. The fourth-order valence-corrected chi connectivity index (χ4v) is 1.49. The number of carbonyl (C=O) groups excluding carboxylic acids is 1. The molecule has 9 heavy (non-hydrogen) atoms. The Kier molecular flexibility index (Phi) is 1.89. The summed E-state index contributed by atoms with van der Waals surface area (Å²) in [4.78, 5) is 10.9. The first-order chi connectivity index (χ1) is 4.20. The first kappa shape index (κ1) is 6.79. The highest BCUT2D eigenvalue weighted by Crippen LogP contribution is 2.24. The van der Waals surface area contributed by atoms with Crippen molar-refractivity contribution in [1.29, 1.82) is 0 Å². The average Bonchev–Trinajstić information content (AvgIpc) is 1.80. The SMILES string of the molecule is C[C@@H]1CCC(=O)[C@@H](C)C1. The lowest BCUT2D eigenvalue weighted by Crippen LogP contribution is -2.20. The second-order valence-corrected chi connectivity index (χ2v) is 3.25. The predicted molar refractivity (Wildman–Crippen MR) is 37.2 cm³/mol. The Labute approximate surface area is 56.4 Å². The summed E-state index contributed by atoms with van der Waals surface area (Å²) in [5.41, 5.74) is 0. The van der Waals surface area contributed by atoms with Crippen molar-refractivity contribution in [3.63, 3.8) is 0 Å². The van der Waals surface area contributed by atoms with Crippen molar-refractivity contribution in [1.82, 2.24) is 0 Å². The van der Waals surface area contributed by atoms with Crippen molar-refractivity contribution >= 4 is 5.78 Å². The molecule has 0 saturated heterocycles. The van der Waals surface area contributed by atoms with Crippen molar-refractivity contribution in [2.45, 2.75) is 33.1 Å². The van der Waals surface area contributed by atoms with Crippen LogP contribution in [0.25, 0.3) is 0 Å². The molecule has 0 radical (unpaired) electrons. The van der Waals surface area contributed by atoms with E-state index in [-0.39, 0.29) is 0 Å². The lowest BCUT2D eigenvalue weighted by Gasteiger charge is -2.21. The van der Waals surface area contributed by atoms with Gasteiger partial charge in [-0.05, 0) is 18.8 Å². The van der Waals surface area contributed by atoms with Crippen LogP contribution in [0.1, 0.15) is 33.1 Å². The second kappa shape index (κ2) is 2.51. The Morgan fingerprint density at radius 3 is 2.56 bits per heavy atom. The molecule has 0 bridgehead atoms. The summed E-state index contributed by atoms with van der Waals surface area (Å²) < 4.78 is 0. The van der Waals surface area contributed by atoms with Crippen LogP contribution in [0.15, 0.2) is 0 Å². The average molecular weight is 126 g/mol. The highest BCUT2D eigenvalue weighted by atomic mass is 16.1. The van der Waals surface area contributed by atoms with Gasteiger partial charge in [0, 0.05) is 12.3 Å². The Morgan fingerprint density at radius 1 is 1.44 bits per heavy atom. The molecule has 0 amide bonds. The summed E-state index contributed by atoms with van der Waals surface area (Å²) in [7, 11) is 0. The van der Waals surface area contributed by atoms with E-state index < -0.39 is 0 Å². The van der Waals surface area contributed by atoms with Crippen molar-refractivity contribution in [2.75, 3.05) is 0 Å². The fourth-order valence-electron chi connectivity index (χ4n) is 1.49. The van der Waals surface area contributed by atoms with Gasteiger partial charge in [0.2, 0.25) is 0 Å². The standard InChI is InChI=1S/C8H14O/c1-6-3-4-8(9)7(2)5-6/h6-7H,3-5H2,1-2H3/t6-,7+/m1/s1. The predicted octanol–water partition coefficient (Wildman–Crippen LogP) is 2.01. The first-order valence-electron chi connectivity index (χ1n) is 3.73. The minimum Gasteiger partial charge on any atom is -0.299 e. The smallest absolute Gasteiger partial charge is 0.135 e. The number of carbonyl (C=O) groups is 1. The third-order valence-electron chi connectivity index (χ3n) is 2.19. The van der Waals surface area contributed by atoms with E-state index in [9.17, 15) is 4.79 Å². The maximum absolute atomic E-state index is 10.9. The number of hydrogen-bond acceptors (Lipinski definition) is 1. The molecule has 52 valence electrons. The van der Waals surface area contributed by atoms with Gasteiger partial charge in [-0.25, -0.2) is 0 Å². The molecule has 1 fully saturated rings. The Morgan fingerprint density at radius 2 is 2.11 bits per heavy atom. The minimum absolute atomic E-state index is 0.341. The largest absolute Gasteiger partial charge is 0.299 e. The van der Waals surface area contributed by atoms with Crippen LogP contribution >= 0.6 is 0 Å². The molecule has 0 aromatic rings. The lowest BCUT2D eigenvalue weighted by molar-refractivity contribution is -0.124. The Balaban J connectivity index is 2.44. The third-order valence-corrected chi connectivity index (χ3v) is 2.19. The van der Waals surface area contributed by atoms with Gasteiger partial charge < -0.3 is 0 Å². The van der Waals surface area contributed by atoms with Gasteiger partial charge in [-0.2, -0.15) is 0 Å². The van der Waals surface area contributed by atoms with Crippen LogP contribution in [-0.2, 0) is 4.79 Å². The zero-order valence-corrected chi connectivity index (χ0v) is 6.18. The number of ketones is 1. The monoisotopic (exact) mass is 126 g/mol. The Hall–Kier alpha value is -0.330. The number of rotatable bonds is 0. The molecule has 0 spiro atoms. The maximum Gasteiger partial charge on any atom is 0.135 e. The van der Waals surface area contributed by atoms with Crippen molar-refractivity contribution in [3.05, 3.63) is 0 Å². The summed E-state index contributed by atoms with van der Waals surface area (Å²) in [5, 5.41) is 0. The van der Waals surface area contributed by atoms with E-state index >= 15 is 0 Å². The molecular weight excluding hydrogens is 112 g/mol. The van der Waals surface area contributed by atoms with E-state index in [4.69, 9.17) is 0 Å². The van der Waals surface area contributed by atoms with Gasteiger partial charge in [-0.15, -0.1) is 0 Å². The lowest BCUT2D eigenvalue weighted by atomic mass is 9.83. The molecule has 2 atom stereocenters. The van der Waals surface area contributed by atoms with Crippen LogP contribution in [0.4, 0.5) is 0 Å². The molecule has 1 aliphatic carbocycles. The summed E-state index contributed by atoms with van der Waals surface area (Å²) >= 11 is 0. The molecule has 0 aromatic carbocycles. The number of hydrogen-bond donors (Lipinski definition) is 0. The minimum atomic E-state index is 0.341. The zero-order valence-electron chi connectivity index (χ0n) is 6.18. The Bertz CT molecular complexity index is 118. The van der Waals surface area contributed by atoms with E-state index in [0.29, 0.717) is 11.7 Å². The van der Waals surface area contributed by atoms with Crippen LogP contribution in [0.3, 0.4) is 0 Å². The molecule has 0 unspecified atom stereocenters. The van der Waals surface area contributed by atoms with Crippen LogP contribution < -0.4 is 0 Å². The zero-order chi connectivity index (χ0) is 6.85. The van der Waals surface area contributed by atoms with E-state index in [1.165, 1.54) is 0 Å². The molecular formula is C8H14O. The molecule has 1 heteroatoms. The molecule has 1 saturated carbocycles. The van der Waals surface area contributed by atoms with Crippen molar-refractivity contribution in [3.8, 4) is 0 Å². The van der Waals surface area contributed by atoms with E-state index in [0.717, 1.165) is 25.2 Å². The summed E-state index contributed by atoms with van der Waals surface area (Å²) in [6.07, 6.45) is 3.05. The molecule has 1 rings (SSSR count). The van der Waals surface area contributed by atoms with Crippen molar-refractivity contribution in [2.24, 2.45) is 11.8 Å². The summed E-state index contributed by atoms with van der Waals surface area (Å²) in [6, 6.07) is 0. The van der Waals surface area contributed by atoms with Crippen LogP contribution in [0.2, 0.25) is 0 Å². The normalized spacial score (nSPS) is 36.9. The second-order valence-electron chi connectivity index (χ2n) is 3.25. The van der Waals surface area contributed by atoms with Crippen LogP contribution in [-0.4, -0.2) is 5.78 Å². The fraction of sp³-hybridized carbons (Fsp3) is 0.875. The highest BCUT2D eigenvalue weighted by molar-refractivity contribution is 5.81. The topological polar surface area (TPSA) is 17.1 Å². The van der Waals surface area contributed by atoms with Crippen LogP contribution in [0, 0.1) is 11.8 Å². The molecule has 0 N–H and O–H groups in total. The summed E-state index contributed by atoms with van der Waals surface area (Å²) in [6.45, 7) is 4.26. The van der Waals surface area contributed by atoms with Gasteiger partial charge >= 0.3 is 0 Å². The van der Waals surface area contributed by atoms with Gasteiger partial charge in [0.15, 0.2) is 0 Å². The third kappa shape index (κ3) is 1.54. The number of Topliss-reactive ketones (excluding diaryl/α,β-unsaturated/α-hetero) is 1. The van der Waals surface area contributed by atoms with Crippen LogP contribution in [0.5, 0.6) is 0 Å². The van der Waals surface area contributed by atoms with E-state index in [2.05, 4.69) is 6.92 Å². The van der Waals surface area contributed by atoms with Gasteiger partial charge in [0.1, 0.15) is 5.78 Å². The van der Waals surface area contributed by atoms with Crippen molar-refractivity contribution < 1.29 is 4.79 Å². The maximum atomic E-state index is 10.9. The molecule has 0 aromatic heterocycles.